The van der Waals surface area contributed by atoms with Gasteiger partial charge >= 0.3 is 0 Å². The summed E-state index contributed by atoms with van der Waals surface area (Å²) in [5, 5.41) is 12.6. The van der Waals surface area contributed by atoms with E-state index in [9.17, 15) is 9.59 Å². The SMILES string of the molecule is Nc1ccccc1NC(=O)c1ccc(OCCN(C=O)c2oc3ccccc3c2OCCO)cc1. The number of aliphatic hydroxyl groups is 1. The first-order chi connectivity index (χ1) is 17.1. The summed E-state index contributed by atoms with van der Waals surface area (Å²) >= 11 is 0. The lowest BCUT2D eigenvalue weighted by Crippen LogP contribution is -2.27. The lowest BCUT2D eigenvalue weighted by molar-refractivity contribution is -0.107. The van der Waals surface area contributed by atoms with E-state index in [-0.39, 0.29) is 38.2 Å². The number of hydrogen-bond donors (Lipinski definition) is 3. The molecule has 9 heteroatoms. The number of nitrogens with two attached hydrogens (primary N) is 1. The lowest BCUT2D eigenvalue weighted by Gasteiger charge is -2.17. The number of anilines is 3. The second-order valence-electron chi connectivity index (χ2n) is 7.52. The van der Waals surface area contributed by atoms with E-state index in [1.807, 2.05) is 18.2 Å². The van der Waals surface area contributed by atoms with Gasteiger partial charge in [-0.1, -0.05) is 24.3 Å². The number of nitrogens with one attached hydrogen (secondary N) is 1. The van der Waals surface area contributed by atoms with Gasteiger partial charge in [0.25, 0.3) is 5.91 Å². The summed E-state index contributed by atoms with van der Waals surface area (Å²) in [4.78, 5) is 25.6. The molecule has 1 aromatic heterocycles. The monoisotopic (exact) mass is 475 g/mol. The highest BCUT2D eigenvalue weighted by molar-refractivity contribution is 6.05. The molecule has 2 amide bonds. The van der Waals surface area contributed by atoms with E-state index in [0.717, 1.165) is 0 Å². The molecule has 180 valence electrons. The molecule has 35 heavy (non-hydrogen) atoms. The molecule has 4 rings (SSSR count). The average molecular weight is 476 g/mol. The van der Waals surface area contributed by atoms with Crippen molar-refractivity contribution in [2.45, 2.75) is 0 Å². The van der Waals surface area contributed by atoms with E-state index < -0.39 is 0 Å². The molecule has 0 bridgehead atoms. The highest BCUT2D eigenvalue weighted by Crippen LogP contribution is 2.39. The van der Waals surface area contributed by atoms with E-state index in [2.05, 4.69) is 5.32 Å². The summed E-state index contributed by atoms with van der Waals surface area (Å²) < 4.78 is 17.2. The number of furan rings is 1. The number of para-hydroxylation sites is 3. The Hall–Kier alpha value is -4.50. The van der Waals surface area contributed by atoms with Gasteiger partial charge in [0.15, 0.2) is 5.75 Å². The Morgan fingerprint density at radius 2 is 1.74 bits per heavy atom. The summed E-state index contributed by atoms with van der Waals surface area (Å²) in [6.45, 7) is 0.252. The molecular formula is C26H25N3O6. The minimum Gasteiger partial charge on any atom is -0.492 e. The molecule has 0 aliphatic rings. The number of amides is 2. The molecular weight excluding hydrogens is 450 g/mol. The maximum absolute atomic E-state index is 12.5. The average Bonchev–Trinajstić information content (AvgIpc) is 3.25. The van der Waals surface area contributed by atoms with Crippen molar-refractivity contribution in [2.75, 3.05) is 42.3 Å². The van der Waals surface area contributed by atoms with Gasteiger partial charge in [0.1, 0.15) is 24.5 Å². The van der Waals surface area contributed by atoms with Gasteiger partial charge in [0.05, 0.1) is 29.9 Å². The zero-order chi connectivity index (χ0) is 24.6. The minimum atomic E-state index is -0.290. The van der Waals surface area contributed by atoms with Crippen LogP contribution in [0.15, 0.2) is 77.2 Å². The van der Waals surface area contributed by atoms with Gasteiger partial charge in [-0.15, -0.1) is 0 Å². The predicted molar refractivity (Wildman–Crippen MR) is 133 cm³/mol. The van der Waals surface area contributed by atoms with Crippen molar-refractivity contribution in [1.82, 2.24) is 0 Å². The molecule has 0 saturated carbocycles. The lowest BCUT2D eigenvalue weighted by atomic mass is 10.2. The first-order valence-electron chi connectivity index (χ1n) is 11.0. The fraction of sp³-hybridized carbons (Fsp3) is 0.154. The Balaban J connectivity index is 1.38. The van der Waals surface area contributed by atoms with E-state index in [0.29, 0.717) is 45.8 Å². The first-order valence-corrected chi connectivity index (χ1v) is 11.0. The molecule has 1 heterocycles. The van der Waals surface area contributed by atoms with E-state index in [4.69, 9.17) is 24.7 Å². The van der Waals surface area contributed by atoms with Crippen LogP contribution in [-0.2, 0) is 4.79 Å². The van der Waals surface area contributed by atoms with Crippen molar-refractivity contribution in [3.8, 4) is 11.5 Å². The van der Waals surface area contributed by atoms with Crippen molar-refractivity contribution < 1.29 is 28.6 Å². The maximum Gasteiger partial charge on any atom is 0.255 e. The number of rotatable bonds is 11. The third kappa shape index (κ3) is 5.53. The summed E-state index contributed by atoms with van der Waals surface area (Å²) in [5.74, 6) is 0.872. The molecule has 0 spiro atoms. The number of ether oxygens (including phenoxy) is 2. The molecule has 0 unspecified atom stereocenters. The van der Waals surface area contributed by atoms with Crippen LogP contribution in [0.1, 0.15) is 10.4 Å². The van der Waals surface area contributed by atoms with Gasteiger partial charge in [0, 0.05) is 5.56 Å². The number of carbonyl (C=O) groups is 2. The number of carbonyl (C=O) groups excluding carboxylic acids is 2. The number of fused-ring (bicyclic) bond motifs is 1. The smallest absolute Gasteiger partial charge is 0.255 e. The topological polar surface area (TPSA) is 127 Å². The largest absolute Gasteiger partial charge is 0.492 e. The fourth-order valence-corrected chi connectivity index (χ4v) is 3.46. The zero-order valence-electron chi connectivity index (χ0n) is 18.8. The van der Waals surface area contributed by atoms with E-state index >= 15 is 0 Å². The molecule has 0 fully saturated rings. The van der Waals surface area contributed by atoms with Crippen LogP contribution in [0.2, 0.25) is 0 Å². The highest BCUT2D eigenvalue weighted by atomic mass is 16.5. The van der Waals surface area contributed by atoms with Crippen LogP contribution in [0.3, 0.4) is 0 Å². The Kier molecular flexibility index (Phi) is 7.49. The second kappa shape index (κ2) is 11.1. The maximum atomic E-state index is 12.5. The van der Waals surface area contributed by atoms with Crippen molar-refractivity contribution in [3.05, 3.63) is 78.4 Å². The molecule has 4 N–H and O–H groups in total. The third-order valence-corrected chi connectivity index (χ3v) is 5.18. The van der Waals surface area contributed by atoms with Crippen LogP contribution in [-0.4, -0.2) is 43.8 Å². The van der Waals surface area contributed by atoms with E-state index in [1.165, 1.54) is 4.90 Å². The summed E-state index contributed by atoms with van der Waals surface area (Å²) in [6, 6.07) is 20.9. The highest BCUT2D eigenvalue weighted by Gasteiger charge is 2.21. The van der Waals surface area contributed by atoms with Crippen LogP contribution in [0.5, 0.6) is 11.5 Å². The minimum absolute atomic E-state index is 0.0660. The predicted octanol–water partition coefficient (Wildman–Crippen LogP) is 3.68. The van der Waals surface area contributed by atoms with E-state index in [1.54, 1.807) is 54.6 Å². The number of aliphatic hydroxyl groups excluding tert-OH is 1. The standard InChI is InChI=1S/C26H25N3O6/c27-21-6-2-3-7-22(21)28-25(32)18-9-11-19(12-10-18)33-15-13-29(17-31)26-24(34-16-14-30)20-5-1-4-8-23(20)35-26/h1-12,17,30H,13-16,27H2,(H,28,32). The van der Waals surface area contributed by atoms with Crippen molar-refractivity contribution >= 4 is 40.5 Å². The number of hydrogen-bond acceptors (Lipinski definition) is 7. The van der Waals surface area contributed by atoms with Crippen LogP contribution in [0, 0.1) is 0 Å². The zero-order valence-corrected chi connectivity index (χ0v) is 18.8. The Morgan fingerprint density at radius 3 is 2.49 bits per heavy atom. The van der Waals surface area contributed by atoms with Crippen LogP contribution < -0.4 is 25.4 Å². The Labute approximate surface area is 201 Å². The molecule has 0 atom stereocenters. The number of nitrogens with zero attached hydrogens (tertiary/aromatic N) is 1. The molecule has 0 saturated heterocycles. The molecule has 3 aromatic carbocycles. The summed E-state index contributed by atoms with van der Waals surface area (Å²) in [5.41, 5.74) is 7.90. The molecule has 4 aromatic rings. The first kappa shape index (κ1) is 23.7. The quantitative estimate of drug-likeness (QED) is 0.223. The normalized spacial score (nSPS) is 10.7. The molecule has 9 nitrogen and oxygen atoms in total. The molecule has 0 aliphatic heterocycles. The Bertz CT molecular complexity index is 1300. The van der Waals surface area contributed by atoms with Crippen molar-refractivity contribution in [2.24, 2.45) is 0 Å². The van der Waals surface area contributed by atoms with Gasteiger partial charge in [-0.2, -0.15) is 0 Å². The van der Waals surface area contributed by atoms with Gasteiger partial charge in [-0.05, 0) is 48.5 Å². The van der Waals surface area contributed by atoms with Crippen LogP contribution in [0.25, 0.3) is 11.0 Å². The number of benzene rings is 3. The number of nitrogen functional groups attached to an aromatic ring is 1. The van der Waals surface area contributed by atoms with Crippen molar-refractivity contribution in [3.63, 3.8) is 0 Å². The van der Waals surface area contributed by atoms with Gasteiger partial charge in [0.2, 0.25) is 12.3 Å². The third-order valence-electron chi connectivity index (χ3n) is 5.18. The molecule has 0 radical (unpaired) electrons. The van der Waals surface area contributed by atoms with Gasteiger partial charge < -0.3 is 30.0 Å². The Morgan fingerprint density at radius 1 is 1.00 bits per heavy atom. The summed E-state index contributed by atoms with van der Waals surface area (Å²) in [6.07, 6.45) is 0.635. The van der Waals surface area contributed by atoms with Crippen molar-refractivity contribution in [1.29, 1.82) is 0 Å². The van der Waals surface area contributed by atoms with Crippen LogP contribution >= 0.6 is 0 Å². The summed E-state index contributed by atoms with van der Waals surface area (Å²) in [7, 11) is 0. The van der Waals surface area contributed by atoms with Gasteiger partial charge in [-0.25, -0.2) is 0 Å². The fourth-order valence-electron chi connectivity index (χ4n) is 3.46. The van der Waals surface area contributed by atoms with Crippen LogP contribution in [0.4, 0.5) is 17.3 Å². The van der Waals surface area contributed by atoms with Gasteiger partial charge in [-0.3, -0.25) is 14.5 Å². The molecule has 0 aliphatic carbocycles. The second-order valence-corrected chi connectivity index (χ2v) is 7.52.